The highest BCUT2D eigenvalue weighted by molar-refractivity contribution is 5.79. The van der Waals surface area contributed by atoms with E-state index in [-0.39, 0.29) is 11.3 Å². The molecule has 0 saturated carbocycles. The maximum absolute atomic E-state index is 13.0. The van der Waals surface area contributed by atoms with Gasteiger partial charge < -0.3 is 14.7 Å². The molecule has 0 bridgehead atoms. The summed E-state index contributed by atoms with van der Waals surface area (Å²) in [6.07, 6.45) is 4.88. The summed E-state index contributed by atoms with van der Waals surface area (Å²) in [5.41, 5.74) is 0.125. The number of hydrogen-bond acceptors (Lipinski definition) is 4. The third kappa shape index (κ3) is 5.47. The molecular formula is C22H40N4O2. The maximum atomic E-state index is 13.0. The van der Waals surface area contributed by atoms with Crippen molar-refractivity contribution < 1.29 is 9.59 Å². The van der Waals surface area contributed by atoms with Crippen molar-refractivity contribution in [3.63, 3.8) is 0 Å². The Morgan fingerprint density at radius 2 is 1.75 bits per heavy atom. The normalized spacial score (nSPS) is 27.8. The van der Waals surface area contributed by atoms with Crippen LogP contribution in [0.2, 0.25) is 0 Å². The van der Waals surface area contributed by atoms with Crippen molar-refractivity contribution in [3.8, 4) is 0 Å². The molecule has 0 aromatic heterocycles. The zero-order valence-corrected chi connectivity index (χ0v) is 18.3. The number of likely N-dealkylation sites (N-methyl/N-ethyl adjacent to an activating group) is 1. The molecule has 0 unspecified atom stereocenters. The minimum Gasteiger partial charge on any atom is -0.342 e. The number of carbonyl (C=O) groups is 2. The first-order valence-electron chi connectivity index (χ1n) is 11.4. The van der Waals surface area contributed by atoms with Crippen LogP contribution in [-0.4, -0.2) is 96.9 Å². The van der Waals surface area contributed by atoms with E-state index < -0.39 is 0 Å². The average Bonchev–Trinajstić information content (AvgIpc) is 2.69. The molecule has 0 aromatic carbocycles. The Balaban J connectivity index is 1.54. The van der Waals surface area contributed by atoms with Crippen molar-refractivity contribution in [2.75, 3.05) is 65.4 Å². The third-order valence-electron chi connectivity index (χ3n) is 7.01. The number of amides is 2. The van der Waals surface area contributed by atoms with Gasteiger partial charge in [0, 0.05) is 64.2 Å². The molecule has 1 atom stereocenters. The predicted octanol–water partition coefficient (Wildman–Crippen LogP) is 1.90. The molecule has 0 N–H and O–H groups in total. The molecule has 3 heterocycles. The van der Waals surface area contributed by atoms with E-state index in [1.807, 2.05) is 0 Å². The summed E-state index contributed by atoms with van der Waals surface area (Å²) >= 11 is 0. The Morgan fingerprint density at radius 3 is 2.43 bits per heavy atom. The monoisotopic (exact) mass is 392 g/mol. The number of nitrogens with zero attached hydrogens (tertiary/aromatic N) is 4. The molecule has 3 aliphatic heterocycles. The zero-order valence-electron chi connectivity index (χ0n) is 18.3. The lowest BCUT2D eigenvalue weighted by molar-refractivity contribution is -0.143. The Labute approximate surface area is 171 Å². The molecule has 0 radical (unpaired) electrons. The minimum atomic E-state index is 0.125. The fourth-order valence-corrected chi connectivity index (χ4v) is 5.03. The Kier molecular flexibility index (Phi) is 7.37. The fourth-order valence-electron chi connectivity index (χ4n) is 5.03. The molecule has 3 rings (SSSR count). The summed E-state index contributed by atoms with van der Waals surface area (Å²) in [5.74, 6) is 1.21. The van der Waals surface area contributed by atoms with Gasteiger partial charge in [0.05, 0.1) is 6.54 Å². The molecule has 2 amide bonds. The third-order valence-corrected chi connectivity index (χ3v) is 7.01. The Morgan fingerprint density at radius 1 is 1.04 bits per heavy atom. The number of likely N-dealkylation sites (tertiary alicyclic amines) is 2. The standard InChI is InChI=1S/C22H40N4O2/c1-4-23-12-14-24(15-13-23)16-21(28)25-10-5-8-22(17-25)9-6-20(27)26(18-22)11-7-19(2)3/h19H,4-18H2,1-3H3/t22-/m1/s1. The van der Waals surface area contributed by atoms with Crippen LogP contribution in [0.15, 0.2) is 0 Å². The number of piperidine rings is 2. The van der Waals surface area contributed by atoms with E-state index in [2.05, 4.69) is 40.4 Å². The molecule has 3 saturated heterocycles. The van der Waals surface area contributed by atoms with Crippen molar-refractivity contribution in [3.05, 3.63) is 0 Å². The second kappa shape index (κ2) is 9.57. The highest BCUT2D eigenvalue weighted by Gasteiger charge is 2.42. The first-order valence-corrected chi connectivity index (χ1v) is 11.4. The minimum absolute atomic E-state index is 0.125. The number of hydrogen-bond donors (Lipinski definition) is 0. The summed E-state index contributed by atoms with van der Waals surface area (Å²) < 4.78 is 0. The van der Waals surface area contributed by atoms with E-state index in [1.165, 1.54) is 0 Å². The van der Waals surface area contributed by atoms with Gasteiger partial charge in [0.1, 0.15) is 0 Å². The molecule has 28 heavy (non-hydrogen) atoms. The van der Waals surface area contributed by atoms with Gasteiger partial charge in [-0.25, -0.2) is 0 Å². The fraction of sp³-hybridized carbons (Fsp3) is 0.909. The summed E-state index contributed by atoms with van der Waals surface area (Å²) in [6, 6.07) is 0. The highest BCUT2D eigenvalue weighted by atomic mass is 16.2. The van der Waals surface area contributed by atoms with Crippen LogP contribution < -0.4 is 0 Å². The Hall–Kier alpha value is -1.14. The van der Waals surface area contributed by atoms with Crippen molar-refractivity contribution in [1.29, 1.82) is 0 Å². The quantitative estimate of drug-likeness (QED) is 0.693. The van der Waals surface area contributed by atoms with Gasteiger partial charge in [0.15, 0.2) is 0 Å². The molecular weight excluding hydrogens is 352 g/mol. The summed E-state index contributed by atoms with van der Waals surface area (Å²) in [6.45, 7) is 15.9. The lowest BCUT2D eigenvalue weighted by atomic mass is 9.73. The van der Waals surface area contributed by atoms with Crippen LogP contribution in [0.1, 0.15) is 52.9 Å². The summed E-state index contributed by atoms with van der Waals surface area (Å²) in [7, 11) is 0. The van der Waals surface area contributed by atoms with Gasteiger partial charge in [-0.3, -0.25) is 14.5 Å². The lowest BCUT2D eigenvalue weighted by Gasteiger charge is -2.48. The zero-order chi connectivity index (χ0) is 20.1. The van der Waals surface area contributed by atoms with Crippen LogP contribution >= 0.6 is 0 Å². The highest BCUT2D eigenvalue weighted by Crippen LogP contribution is 2.39. The molecule has 0 aliphatic carbocycles. The molecule has 1 spiro atoms. The van der Waals surface area contributed by atoms with Crippen molar-refractivity contribution in [1.82, 2.24) is 19.6 Å². The van der Waals surface area contributed by atoms with E-state index in [4.69, 9.17) is 0 Å². The SMILES string of the molecule is CCN1CCN(CC(=O)N2CCC[C@@]3(CCC(=O)N(CCC(C)C)C3)C2)CC1. The van der Waals surface area contributed by atoms with Gasteiger partial charge in [0.25, 0.3) is 0 Å². The topological polar surface area (TPSA) is 47.1 Å². The van der Waals surface area contributed by atoms with Gasteiger partial charge in [-0.2, -0.15) is 0 Å². The largest absolute Gasteiger partial charge is 0.342 e. The van der Waals surface area contributed by atoms with Crippen LogP contribution in [-0.2, 0) is 9.59 Å². The molecule has 0 aromatic rings. The molecule has 3 fully saturated rings. The molecule has 6 nitrogen and oxygen atoms in total. The van der Waals surface area contributed by atoms with Gasteiger partial charge >= 0.3 is 0 Å². The Bertz CT molecular complexity index is 545. The van der Waals surface area contributed by atoms with Gasteiger partial charge in [-0.15, -0.1) is 0 Å². The summed E-state index contributed by atoms with van der Waals surface area (Å²) in [5, 5.41) is 0. The number of piperazine rings is 1. The molecule has 160 valence electrons. The van der Waals surface area contributed by atoms with E-state index in [1.54, 1.807) is 0 Å². The van der Waals surface area contributed by atoms with Gasteiger partial charge in [-0.05, 0) is 38.1 Å². The lowest BCUT2D eigenvalue weighted by Crippen LogP contribution is -2.57. The van der Waals surface area contributed by atoms with Crippen molar-refractivity contribution in [2.24, 2.45) is 11.3 Å². The maximum Gasteiger partial charge on any atom is 0.236 e. The van der Waals surface area contributed by atoms with Gasteiger partial charge in [0.2, 0.25) is 11.8 Å². The van der Waals surface area contributed by atoms with Crippen molar-refractivity contribution in [2.45, 2.75) is 52.9 Å². The second-order valence-electron chi connectivity index (χ2n) is 9.63. The van der Waals surface area contributed by atoms with E-state index in [0.717, 1.165) is 84.6 Å². The van der Waals surface area contributed by atoms with E-state index >= 15 is 0 Å². The smallest absolute Gasteiger partial charge is 0.236 e. The van der Waals surface area contributed by atoms with Crippen LogP contribution in [0.4, 0.5) is 0 Å². The number of rotatable bonds is 6. The van der Waals surface area contributed by atoms with Crippen LogP contribution in [0, 0.1) is 11.3 Å². The van der Waals surface area contributed by atoms with Crippen LogP contribution in [0.25, 0.3) is 0 Å². The molecule has 6 heteroatoms. The second-order valence-corrected chi connectivity index (χ2v) is 9.63. The first-order chi connectivity index (χ1) is 13.4. The molecule has 3 aliphatic rings. The summed E-state index contributed by atoms with van der Waals surface area (Å²) in [4.78, 5) is 34.3. The first kappa shape index (κ1) is 21.6. The average molecular weight is 393 g/mol. The van der Waals surface area contributed by atoms with Crippen LogP contribution in [0.3, 0.4) is 0 Å². The van der Waals surface area contributed by atoms with Gasteiger partial charge in [-0.1, -0.05) is 20.8 Å². The predicted molar refractivity (Wildman–Crippen MR) is 112 cm³/mol. The van der Waals surface area contributed by atoms with Crippen molar-refractivity contribution >= 4 is 11.8 Å². The number of carbonyl (C=O) groups excluding carboxylic acids is 2. The van der Waals surface area contributed by atoms with Crippen LogP contribution in [0.5, 0.6) is 0 Å². The van der Waals surface area contributed by atoms with E-state index in [0.29, 0.717) is 24.8 Å². The van der Waals surface area contributed by atoms with E-state index in [9.17, 15) is 9.59 Å².